The Bertz CT molecular complexity index is 1110. The van der Waals surface area contributed by atoms with E-state index >= 15 is 0 Å². The van der Waals surface area contributed by atoms with Crippen LogP contribution in [-0.4, -0.2) is 37.9 Å². The third kappa shape index (κ3) is 3.70. The standard InChI is InChI=1S/C24H24FN3O4/c1-32-21-7-4-17(12-19(21)25)26-23(30)16-11-22(29)28(13-16)18-5-6-20-15(10-18)8-9-27(20)24(31)14-2-3-14/h4-7,10,12,14,16H,2-3,8-9,11,13H2,1H3,(H,26,30)/t16-/m1/s1. The van der Waals surface area contributed by atoms with Crippen molar-refractivity contribution in [2.45, 2.75) is 25.7 Å². The Morgan fingerprint density at radius 2 is 1.94 bits per heavy atom. The number of ether oxygens (including phenoxy) is 1. The summed E-state index contributed by atoms with van der Waals surface area (Å²) in [5, 5.41) is 2.69. The van der Waals surface area contributed by atoms with Crippen LogP contribution in [0.4, 0.5) is 21.5 Å². The molecule has 0 radical (unpaired) electrons. The van der Waals surface area contributed by atoms with Crippen LogP contribution in [0.15, 0.2) is 36.4 Å². The summed E-state index contributed by atoms with van der Waals surface area (Å²) in [6, 6.07) is 9.89. The van der Waals surface area contributed by atoms with Gasteiger partial charge in [0.2, 0.25) is 17.7 Å². The van der Waals surface area contributed by atoms with Crippen molar-refractivity contribution in [2.24, 2.45) is 11.8 Å². The largest absolute Gasteiger partial charge is 0.494 e. The average molecular weight is 437 g/mol. The number of amides is 3. The molecule has 2 aliphatic heterocycles. The van der Waals surface area contributed by atoms with E-state index in [4.69, 9.17) is 4.74 Å². The number of methoxy groups -OCH3 is 1. The van der Waals surface area contributed by atoms with Gasteiger partial charge in [-0.1, -0.05) is 0 Å². The van der Waals surface area contributed by atoms with E-state index in [1.54, 1.807) is 11.0 Å². The normalized spacial score (nSPS) is 19.8. The molecule has 3 amide bonds. The summed E-state index contributed by atoms with van der Waals surface area (Å²) in [7, 11) is 1.37. The lowest BCUT2D eigenvalue weighted by Crippen LogP contribution is -2.30. The third-order valence-electron chi connectivity index (χ3n) is 6.38. The van der Waals surface area contributed by atoms with Gasteiger partial charge in [-0.3, -0.25) is 14.4 Å². The summed E-state index contributed by atoms with van der Waals surface area (Å²) < 4.78 is 18.8. The second kappa shape index (κ2) is 7.93. The Hall–Kier alpha value is -3.42. The molecule has 1 saturated carbocycles. The molecule has 1 N–H and O–H groups in total. The first-order valence-corrected chi connectivity index (χ1v) is 10.8. The van der Waals surface area contributed by atoms with Gasteiger partial charge in [-0.25, -0.2) is 4.39 Å². The van der Waals surface area contributed by atoms with Crippen molar-refractivity contribution in [3.05, 3.63) is 47.8 Å². The zero-order valence-corrected chi connectivity index (χ0v) is 17.8. The molecule has 32 heavy (non-hydrogen) atoms. The predicted molar refractivity (Wildman–Crippen MR) is 117 cm³/mol. The van der Waals surface area contributed by atoms with Crippen molar-refractivity contribution in [1.82, 2.24) is 0 Å². The molecule has 2 aromatic rings. The van der Waals surface area contributed by atoms with Crippen LogP contribution in [0.2, 0.25) is 0 Å². The van der Waals surface area contributed by atoms with E-state index in [2.05, 4.69) is 5.32 Å². The maximum Gasteiger partial charge on any atom is 0.230 e. The van der Waals surface area contributed by atoms with Gasteiger partial charge in [-0.05, 0) is 55.2 Å². The molecule has 2 heterocycles. The SMILES string of the molecule is COc1ccc(NC(=O)[C@@H]2CC(=O)N(c3ccc4c(c3)CCN4C(=O)C3CC3)C2)cc1F. The van der Waals surface area contributed by atoms with Gasteiger partial charge >= 0.3 is 0 Å². The highest BCUT2D eigenvalue weighted by Gasteiger charge is 2.38. The van der Waals surface area contributed by atoms with Crippen LogP contribution in [-0.2, 0) is 20.8 Å². The van der Waals surface area contributed by atoms with E-state index < -0.39 is 11.7 Å². The number of carbonyl (C=O) groups is 3. The van der Waals surface area contributed by atoms with E-state index in [-0.39, 0.29) is 42.4 Å². The van der Waals surface area contributed by atoms with E-state index in [0.29, 0.717) is 12.2 Å². The molecular formula is C24H24FN3O4. The van der Waals surface area contributed by atoms with Gasteiger partial charge in [0.1, 0.15) is 0 Å². The number of benzene rings is 2. The van der Waals surface area contributed by atoms with Gasteiger partial charge in [-0.2, -0.15) is 0 Å². The molecule has 1 atom stereocenters. The van der Waals surface area contributed by atoms with Gasteiger partial charge in [0, 0.05) is 48.6 Å². The summed E-state index contributed by atoms with van der Waals surface area (Å²) in [5.74, 6) is -1.10. The van der Waals surface area contributed by atoms with Crippen molar-refractivity contribution < 1.29 is 23.5 Å². The Kier molecular flexibility index (Phi) is 5.07. The van der Waals surface area contributed by atoms with Crippen molar-refractivity contribution in [2.75, 3.05) is 35.3 Å². The van der Waals surface area contributed by atoms with Gasteiger partial charge < -0.3 is 19.9 Å². The maximum absolute atomic E-state index is 13.9. The second-order valence-corrected chi connectivity index (χ2v) is 8.57. The van der Waals surface area contributed by atoms with Gasteiger partial charge in [-0.15, -0.1) is 0 Å². The van der Waals surface area contributed by atoms with Crippen LogP contribution in [0.3, 0.4) is 0 Å². The number of nitrogens with zero attached hydrogens (tertiary/aromatic N) is 2. The summed E-state index contributed by atoms with van der Waals surface area (Å²) >= 11 is 0. The van der Waals surface area contributed by atoms with Crippen molar-refractivity contribution in [1.29, 1.82) is 0 Å². The molecule has 0 bridgehead atoms. The fraction of sp³-hybridized carbons (Fsp3) is 0.375. The number of rotatable bonds is 5. The summed E-state index contributed by atoms with van der Waals surface area (Å²) in [5.41, 5.74) is 3.02. The molecule has 0 unspecified atom stereocenters. The Labute approximate surface area is 185 Å². The average Bonchev–Trinajstić information content (AvgIpc) is 3.43. The number of hydrogen-bond donors (Lipinski definition) is 1. The molecule has 2 aromatic carbocycles. The highest BCUT2D eigenvalue weighted by Crippen LogP contribution is 2.38. The smallest absolute Gasteiger partial charge is 0.230 e. The van der Waals surface area contributed by atoms with Crippen LogP contribution in [0.5, 0.6) is 5.75 Å². The molecule has 5 rings (SSSR count). The minimum atomic E-state index is -0.568. The highest BCUT2D eigenvalue weighted by molar-refractivity contribution is 6.04. The maximum atomic E-state index is 13.9. The van der Waals surface area contributed by atoms with Crippen LogP contribution >= 0.6 is 0 Å². The molecule has 8 heteroatoms. The minimum absolute atomic E-state index is 0.0911. The lowest BCUT2D eigenvalue weighted by Gasteiger charge is -2.20. The van der Waals surface area contributed by atoms with Crippen LogP contribution in [0, 0.1) is 17.7 Å². The summed E-state index contributed by atoms with van der Waals surface area (Å²) in [6.45, 7) is 0.929. The molecule has 0 aromatic heterocycles. The zero-order chi connectivity index (χ0) is 22.4. The van der Waals surface area contributed by atoms with E-state index in [1.165, 1.54) is 19.2 Å². The quantitative estimate of drug-likeness (QED) is 0.780. The summed E-state index contributed by atoms with van der Waals surface area (Å²) in [6.07, 6.45) is 2.79. The van der Waals surface area contributed by atoms with E-state index in [9.17, 15) is 18.8 Å². The first-order valence-electron chi connectivity index (χ1n) is 10.8. The molecule has 1 saturated heterocycles. The van der Waals surface area contributed by atoms with Gasteiger partial charge in [0.05, 0.1) is 13.0 Å². The number of nitrogens with one attached hydrogen (secondary N) is 1. The monoisotopic (exact) mass is 437 g/mol. The lowest BCUT2D eigenvalue weighted by atomic mass is 10.1. The summed E-state index contributed by atoms with van der Waals surface area (Å²) in [4.78, 5) is 41.3. The first kappa shape index (κ1) is 20.5. The number of halogens is 1. The number of anilines is 3. The lowest BCUT2D eigenvalue weighted by molar-refractivity contribution is -0.122. The molecule has 7 nitrogen and oxygen atoms in total. The van der Waals surface area contributed by atoms with Crippen LogP contribution in [0.25, 0.3) is 0 Å². The molecule has 3 aliphatic rings. The molecule has 0 spiro atoms. The first-order chi connectivity index (χ1) is 15.4. The fourth-order valence-electron chi connectivity index (χ4n) is 4.46. The van der Waals surface area contributed by atoms with Crippen LogP contribution < -0.4 is 19.9 Å². The van der Waals surface area contributed by atoms with E-state index in [0.717, 1.165) is 36.2 Å². The fourth-order valence-corrected chi connectivity index (χ4v) is 4.46. The van der Waals surface area contributed by atoms with Gasteiger partial charge in [0.25, 0.3) is 0 Å². The number of fused-ring (bicyclic) bond motifs is 1. The molecule has 166 valence electrons. The van der Waals surface area contributed by atoms with Gasteiger partial charge in [0.15, 0.2) is 11.6 Å². The van der Waals surface area contributed by atoms with Crippen molar-refractivity contribution in [3.63, 3.8) is 0 Å². The Morgan fingerprint density at radius 3 is 2.66 bits per heavy atom. The topological polar surface area (TPSA) is 79.0 Å². The highest BCUT2D eigenvalue weighted by atomic mass is 19.1. The van der Waals surface area contributed by atoms with Crippen molar-refractivity contribution in [3.8, 4) is 5.75 Å². The van der Waals surface area contributed by atoms with Crippen molar-refractivity contribution >= 4 is 34.8 Å². The molecular weight excluding hydrogens is 413 g/mol. The Morgan fingerprint density at radius 1 is 1.12 bits per heavy atom. The second-order valence-electron chi connectivity index (χ2n) is 8.57. The Balaban J connectivity index is 1.27. The minimum Gasteiger partial charge on any atom is -0.494 e. The van der Waals surface area contributed by atoms with E-state index in [1.807, 2.05) is 23.1 Å². The molecule has 2 fully saturated rings. The third-order valence-corrected chi connectivity index (χ3v) is 6.38. The molecule has 1 aliphatic carbocycles. The predicted octanol–water partition coefficient (Wildman–Crippen LogP) is 3.13. The van der Waals surface area contributed by atoms with Crippen LogP contribution in [0.1, 0.15) is 24.8 Å². The number of hydrogen-bond acceptors (Lipinski definition) is 4. The number of carbonyl (C=O) groups excluding carboxylic acids is 3. The zero-order valence-electron chi connectivity index (χ0n) is 17.8.